The van der Waals surface area contributed by atoms with Crippen LogP contribution in [0.5, 0.6) is 0 Å². The quantitative estimate of drug-likeness (QED) is 0.441. The molecule has 110 valence electrons. The number of hydrogen-bond acceptors (Lipinski definition) is 4. The van der Waals surface area contributed by atoms with Crippen LogP contribution in [0, 0.1) is 0 Å². The van der Waals surface area contributed by atoms with Gasteiger partial charge in [-0.2, -0.15) is 10.2 Å². The first-order valence-electron chi connectivity index (χ1n) is 7.20. The third kappa shape index (κ3) is 2.39. The SMILES string of the molecule is CN/N=C/c1c2ccccc2c(/C=N/NC)c2ccccc12. The predicted molar refractivity (Wildman–Crippen MR) is 94.8 cm³/mol. The van der Waals surface area contributed by atoms with Crippen LogP contribution in [0.4, 0.5) is 0 Å². The van der Waals surface area contributed by atoms with E-state index in [-0.39, 0.29) is 0 Å². The first-order chi connectivity index (χ1) is 10.9. The smallest absolute Gasteiger partial charge is 0.0552 e. The van der Waals surface area contributed by atoms with Crippen molar-refractivity contribution in [2.75, 3.05) is 14.1 Å². The standard InChI is InChI=1S/C18H18N4/c1-19-21-11-17-13-7-3-5-9-15(13)18(12-22-20-2)16-10-6-4-8-14(16)17/h3-12,19-20H,1-2H3/b21-11+,22-12+. The highest BCUT2D eigenvalue weighted by molar-refractivity contribution is 6.21. The number of hydrazone groups is 2. The minimum Gasteiger partial charge on any atom is -0.313 e. The summed E-state index contributed by atoms with van der Waals surface area (Å²) in [4.78, 5) is 0. The third-order valence-electron chi connectivity index (χ3n) is 3.66. The molecule has 0 unspecified atom stereocenters. The third-order valence-corrected chi connectivity index (χ3v) is 3.66. The van der Waals surface area contributed by atoms with Crippen molar-refractivity contribution in [1.29, 1.82) is 0 Å². The monoisotopic (exact) mass is 290 g/mol. The molecule has 0 radical (unpaired) electrons. The van der Waals surface area contributed by atoms with E-state index < -0.39 is 0 Å². The molecule has 3 rings (SSSR count). The van der Waals surface area contributed by atoms with Crippen LogP contribution in [-0.2, 0) is 0 Å². The van der Waals surface area contributed by atoms with E-state index in [9.17, 15) is 0 Å². The Morgan fingerprint density at radius 1 is 0.636 bits per heavy atom. The van der Waals surface area contributed by atoms with Gasteiger partial charge in [0.2, 0.25) is 0 Å². The summed E-state index contributed by atoms with van der Waals surface area (Å²) in [5.41, 5.74) is 7.88. The van der Waals surface area contributed by atoms with Crippen molar-refractivity contribution in [1.82, 2.24) is 10.9 Å². The van der Waals surface area contributed by atoms with Crippen LogP contribution in [0.25, 0.3) is 21.5 Å². The van der Waals surface area contributed by atoms with Crippen LogP contribution in [0.15, 0.2) is 58.7 Å². The Kier molecular flexibility index (Phi) is 4.01. The van der Waals surface area contributed by atoms with Gasteiger partial charge in [-0.3, -0.25) is 0 Å². The van der Waals surface area contributed by atoms with Gasteiger partial charge in [-0.1, -0.05) is 48.5 Å². The van der Waals surface area contributed by atoms with Crippen molar-refractivity contribution < 1.29 is 0 Å². The fourth-order valence-electron chi connectivity index (χ4n) is 2.73. The Labute approximate surface area is 129 Å². The number of benzene rings is 3. The molecule has 0 spiro atoms. The van der Waals surface area contributed by atoms with E-state index in [2.05, 4.69) is 45.3 Å². The molecular formula is C18H18N4. The molecule has 4 heteroatoms. The van der Waals surface area contributed by atoms with Crippen LogP contribution in [0.3, 0.4) is 0 Å². The summed E-state index contributed by atoms with van der Waals surface area (Å²) < 4.78 is 0. The number of nitrogens with one attached hydrogen (secondary N) is 2. The maximum atomic E-state index is 4.21. The zero-order valence-corrected chi connectivity index (χ0v) is 12.7. The van der Waals surface area contributed by atoms with E-state index >= 15 is 0 Å². The second-order valence-electron chi connectivity index (χ2n) is 4.88. The molecule has 0 saturated carbocycles. The van der Waals surface area contributed by atoms with Gasteiger partial charge >= 0.3 is 0 Å². The van der Waals surface area contributed by atoms with Crippen LogP contribution in [0.2, 0.25) is 0 Å². The lowest BCUT2D eigenvalue weighted by Gasteiger charge is -2.12. The molecule has 0 amide bonds. The van der Waals surface area contributed by atoms with Gasteiger partial charge in [0, 0.05) is 25.2 Å². The van der Waals surface area contributed by atoms with Gasteiger partial charge in [0.1, 0.15) is 0 Å². The van der Waals surface area contributed by atoms with Gasteiger partial charge in [0.05, 0.1) is 12.4 Å². The van der Waals surface area contributed by atoms with Gasteiger partial charge in [0.25, 0.3) is 0 Å². The molecule has 0 aliphatic heterocycles. The largest absolute Gasteiger partial charge is 0.313 e. The molecule has 4 nitrogen and oxygen atoms in total. The van der Waals surface area contributed by atoms with Crippen LogP contribution in [0.1, 0.15) is 11.1 Å². The number of fused-ring (bicyclic) bond motifs is 2. The molecular weight excluding hydrogens is 272 g/mol. The normalized spacial score (nSPS) is 11.7. The Bertz CT molecular complexity index is 736. The number of rotatable bonds is 4. The summed E-state index contributed by atoms with van der Waals surface area (Å²) in [6.07, 6.45) is 3.76. The number of nitrogens with zero attached hydrogens (tertiary/aromatic N) is 2. The summed E-state index contributed by atoms with van der Waals surface area (Å²) in [6.45, 7) is 0. The Hall–Kier alpha value is -2.88. The molecule has 3 aromatic carbocycles. The van der Waals surface area contributed by atoms with Crippen molar-refractivity contribution in [3.8, 4) is 0 Å². The fraction of sp³-hybridized carbons (Fsp3) is 0.111. The second kappa shape index (κ2) is 6.26. The first-order valence-corrected chi connectivity index (χ1v) is 7.20. The molecule has 0 bridgehead atoms. The maximum absolute atomic E-state index is 4.21. The average Bonchev–Trinajstić information content (AvgIpc) is 2.58. The van der Waals surface area contributed by atoms with Crippen LogP contribution < -0.4 is 10.9 Å². The van der Waals surface area contributed by atoms with Crippen LogP contribution in [-0.4, -0.2) is 26.5 Å². The second-order valence-corrected chi connectivity index (χ2v) is 4.88. The zero-order valence-electron chi connectivity index (χ0n) is 12.7. The van der Waals surface area contributed by atoms with Gasteiger partial charge in [-0.15, -0.1) is 0 Å². The molecule has 0 aliphatic carbocycles. The maximum Gasteiger partial charge on any atom is 0.0552 e. The molecule has 0 aromatic heterocycles. The topological polar surface area (TPSA) is 48.8 Å². The lowest BCUT2D eigenvalue weighted by atomic mass is 9.92. The molecule has 0 atom stereocenters. The van der Waals surface area contributed by atoms with E-state index in [4.69, 9.17) is 0 Å². The Morgan fingerprint density at radius 3 is 1.23 bits per heavy atom. The van der Waals surface area contributed by atoms with E-state index in [1.54, 1.807) is 14.1 Å². The molecule has 0 fully saturated rings. The molecule has 3 aromatic rings. The van der Waals surface area contributed by atoms with Crippen molar-refractivity contribution in [3.05, 3.63) is 59.7 Å². The minimum absolute atomic E-state index is 1.11. The summed E-state index contributed by atoms with van der Waals surface area (Å²) in [7, 11) is 3.60. The zero-order chi connectivity index (χ0) is 15.4. The highest BCUT2D eigenvalue weighted by Crippen LogP contribution is 2.31. The summed E-state index contributed by atoms with van der Waals surface area (Å²) in [6, 6.07) is 16.7. The van der Waals surface area contributed by atoms with E-state index in [1.165, 1.54) is 0 Å². The molecule has 0 aliphatic rings. The Morgan fingerprint density at radius 2 is 0.955 bits per heavy atom. The molecule has 0 heterocycles. The summed E-state index contributed by atoms with van der Waals surface area (Å²) >= 11 is 0. The Balaban J connectivity index is 2.47. The van der Waals surface area contributed by atoms with Crippen LogP contribution >= 0.6 is 0 Å². The van der Waals surface area contributed by atoms with Gasteiger partial charge in [-0.25, -0.2) is 0 Å². The van der Waals surface area contributed by atoms with E-state index in [0.29, 0.717) is 0 Å². The predicted octanol–water partition coefficient (Wildman–Crippen LogP) is 3.10. The summed E-state index contributed by atoms with van der Waals surface area (Å²) in [5.74, 6) is 0. The molecule has 22 heavy (non-hydrogen) atoms. The van der Waals surface area contributed by atoms with Crippen molar-refractivity contribution in [3.63, 3.8) is 0 Å². The van der Waals surface area contributed by atoms with Crippen molar-refractivity contribution in [2.24, 2.45) is 10.2 Å². The van der Waals surface area contributed by atoms with E-state index in [0.717, 1.165) is 32.7 Å². The molecule has 0 saturated heterocycles. The summed E-state index contributed by atoms with van der Waals surface area (Å²) in [5, 5.41) is 13.1. The van der Waals surface area contributed by atoms with Crippen molar-refractivity contribution >= 4 is 34.0 Å². The van der Waals surface area contributed by atoms with E-state index in [1.807, 2.05) is 36.7 Å². The van der Waals surface area contributed by atoms with Gasteiger partial charge < -0.3 is 10.9 Å². The average molecular weight is 290 g/mol. The van der Waals surface area contributed by atoms with Gasteiger partial charge in [-0.05, 0) is 21.5 Å². The van der Waals surface area contributed by atoms with Crippen molar-refractivity contribution in [2.45, 2.75) is 0 Å². The first kappa shape index (κ1) is 14.1. The minimum atomic E-state index is 1.11. The highest BCUT2D eigenvalue weighted by atomic mass is 15.3. The van der Waals surface area contributed by atoms with Gasteiger partial charge in [0.15, 0.2) is 0 Å². The molecule has 2 N–H and O–H groups in total. The lowest BCUT2D eigenvalue weighted by Crippen LogP contribution is -2.00. The highest BCUT2D eigenvalue weighted by Gasteiger charge is 2.11. The lowest BCUT2D eigenvalue weighted by molar-refractivity contribution is 0.908. The fourth-order valence-corrected chi connectivity index (χ4v) is 2.73. The number of hydrogen-bond donors (Lipinski definition) is 2.